The van der Waals surface area contributed by atoms with E-state index in [0.29, 0.717) is 26.0 Å². The molecule has 29 heavy (non-hydrogen) atoms. The van der Waals surface area contributed by atoms with Crippen molar-refractivity contribution in [2.45, 2.75) is 83.6 Å². The number of hydrogen-bond acceptors (Lipinski definition) is 3. The molecule has 0 aromatic heterocycles. The average molecular weight is 426 g/mol. The van der Waals surface area contributed by atoms with Crippen LogP contribution in [-0.4, -0.2) is 36.0 Å². The molecule has 2 rings (SSSR count). The molecule has 6 heteroatoms. The van der Waals surface area contributed by atoms with E-state index in [9.17, 15) is 14.0 Å². The zero-order chi connectivity index (χ0) is 21.1. The maximum atomic E-state index is 14.2. The Bertz CT molecular complexity index is 668. The second-order valence-electron chi connectivity index (χ2n) is 7.75. The maximum absolute atomic E-state index is 14.2. The van der Waals surface area contributed by atoms with Crippen molar-refractivity contribution in [3.8, 4) is 0 Å². The Kier molecular flexibility index (Phi) is 10.5. The molecule has 1 amide bonds. The number of hydrogen-bond donors (Lipinski definition) is 0. The fourth-order valence-corrected chi connectivity index (χ4v) is 3.93. The summed E-state index contributed by atoms with van der Waals surface area (Å²) < 4.78 is 19.6. The van der Waals surface area contributed by atoms with Gasteiger partial charge < -0.3 is 9.64 Å². The summed E-state index contributed by atoms with van der Waals surface area (Å²) >= 11 is 5.78. The van der Waals surface area contributed by atoms with Crippen LogP contribution in [0.4, 0.5) is 4.39 Å². The van der Waals surface area contributed by atoms with Gasteiger partial charge in [-0.05, 0) is 31.4 Å². The Hall–Kier alpha value is -1.62. The number of unbranched alkanes of at least 4 members (excludes halogenated alkanes) is 8. The molecule has 0 N–H and O–H groups in total. The number of halogens is 2. The highest BCUT2D eigenvalue weighted by atomic mass is 35.5. The van der Waals surface area contributed by atoms with Crippen molar-refractivity contribution in [1.82, 2.24) is 4.90 Å². The highest BCUT2D eigenvalue weighted by Gasteiger charge is 2.36. The number of benzene rings is 1. The second-order valence-corrected chi connectivity index (χ2v) is 8.16. The van der Waals surface area contributed by atoms with Gasteiger partial charge in [-0.2, -0.15) is 0 Å². The second kappa shape index (κ2) is 12.8. The number of esters is 1. The van der Waals surface area contributed by atoms with Gasteiger partial charge in [-0.1, -0.05) is 76.0 Å². The molecule has 1 aliphatic rings. The molecule has 0 saturated carbocycles. The SMILES string of the molecule is CCCCCCCCCCCOC(=O)C1CCCN1C(=O)c1cccc(Cl)c1F. The summed E-state index contributed by atoms with van der Waals surface area (Å²) in [4.78, 5) is 26.5. The van der Waals surface area contributed by atoms with Crippen molar-refractivity contribution in [2.75, 3.05) is 13.2 Å². The van der Waals surface area contributed by atoms with E-state index in [0.717, 1.165) is 19.3 Å². The maximum Gasteiger partial charge on any atom is 0.328 e. The Balaban J connectivity index is 1.70. The van der Waals surface area contributed by atoms with Gasteiger partial charge in [0.15, 0.2) is 5.82 Å². The van der Waals surface area contributed by atoms with Gasteiger partial charge in [0, 0.05) is 6.54 Å². The average Bonchev–Trinajstić information content (AvgIpc) is 3.21. The quantitative estimate of drug-likeness (QED) is 0.297. The Labute approximate surface area is 178 Å². The van der Waals surface area contributed by atoms with Crippen molar-refractivity contribution in [3.05, 3.63) is 34.6 Å². The minimum atomic E-state index is -0.743. The van der Waals surface area contributed by atoms with Crippen LogP contribution in [0.25, 0.3) is 0 Å². The summed E-state index contributed by atoms with van der Waals surface area (Å²) in [6.45, 7) is 3.01. The van der Waals surface area contributed by atoms with E-state index in [2.05, 4.69) is 6.92 Å². The van der Waals surface area contributed by atoms with Gasteiger partial charge >= 0.3 is 5.97 Å². The smallest absolute Gasteiger partial charge is 0.328 e. The Morgan fingerprint density at radius 2 is 1.76 bits per heavy atom. The van der Waals surface area contributed by atoms with E-state index in [-0.39, 0.29) is 10.6 Å². The predicted molar refractivity (Wildman–Crippen MR) is 114 cm³/mol. The van der Waals surface area contributed by atoms with Crippen LogP contribution in [0.15, 0.2) is 18.2 Å². The molecular weight excluding hydrogens is 393 g/mol. The van der Waals surface area contributed by atoms with Crippen molar-refractivity contribution >= 4 is 23.5 Å². The molecule has 1 aromatic rings. The molecule has 1 heterocycles. The first kappa shape index (κ1) is 23.7. The molecule has 0 radical (unpaired) electrons. The van der Waals surface area contributed by atoms with Gasteiger partial charge in [-0.25, -0.2) is 9.18 Å². The molecule has 1 unspecified atom stereocenters. The van der Waals surface area contributed by atoms with E-state index < -0.39 is 23.7 Å². The Morgan fingerprint density at radius 3 is 2.45 bits per heavy atom. The van der Waals surface area contributed by atoms with Crippen molar-refractivity contribution in [3.63, 3.8) is 0 Å². The van der Waals surface area contributed by atoms with Crippen molar-refractivity contribution in [1.29, 1.82) is 0 Å². The molecule has 1 aromatic carbocycles. The molecular formula is C23H33ClFNO3. The normalized spacial score (nSPS) is 16.2. The first-order valence-electron chi connectivity index (χ1n) is 11.0. The molecule has 162 valence electrons. The van der Waals surface area contributed by atoms with Crippen LogP contribution >= 0.6 is 11.6 Å². The van der Waals surface area contributed by atoms with Gasteiger partial charge in [0.25, 0.3) is 5.91 Å². The van der Waals surface area contributed by atoms with Crippen molar-refractivity contribution in [2.24, 2.45) is 0 Å². The van der Waals surface area contributed by atoms with E-state index in [1.54, 1.807) is 0 Å². The molecule has 4 nitrogen and oxygen atoms in total. The summed E-state index contributed by atoms with van der Waals surface area (Å²) in [7, 11) is 0. The number of amides is 1. The standard InChI is InChI=1S/C23H33ClFNO3/c1-2-3-4-5-6-7-8-9-10-17-29-23(28)20-15-12-16-26(20)22(27)18-13-11-14-19(24)21(18)25/h11,13-14,20H,2-10,12,15-17H2,1H3. The largest absolute Gasteiger partial charge is 0.464 e. The fraction of sp³-hybridized carbons (Fsp3) is 0.652. The third kappa shape index (κ3) is 7.29. The first-order valence-corrected chi connectivity index (χ1v) is 11.4. The zero-order valence-corrected chi connectivity index (χ0v) is 18.2. The third-order valence-electron chi connectivity index (χ3n) is 5.46. The lowest BCUT2D eigenvalue weighted by Crippen LogP contribution is -2.41. The molecule has 0 aliphatic carbocycles. The van der Waals surface area contributed by atoms with E-state index in [1.807, 2.05) is 0 Å². The Morgan fingerprint density at radius 1 is 1.10 bits per heavy atom. The minimum absolute atomic E-state index is 0.0977. The van der Waals surface area contributed by atoms with Crippen LogP contribution in [0.3, 0.4) is 0 Å². The van der Waals surface area contributed by atoms with Crippen LogP contribution in [-0.2, 0) is 9.53 Å². The predicted octanol–water partition coefficient (Wildman–Crippen LogP) is 6.16. The summed E-state index contributed by atoms with van der Waals surface area (Å²) in [5.74, 6) is -1.64. The summed E-state index contributed by atoms with van der Waals surface area (Å²) in [6.07, 6.45) is 12.0. The van der Waals surface area contributed by atoms with E-state index in [1.165, 1.54) is 61.6 Å². The monoisotopic (exact) mass is 425 g/mol. The van der Waals surface area contributed by atoms with Gasteiger partial charge in [0.2, 0.25) is 0 Å². The van der Waals surface area contributed by atoms with Crippen LogP contribution in [0.5, 0.6) is 0 Å². The zero-order valence-electron chi connectivity index (χ0n) is 17.4. The molecule has 1 fully saturated rings. The highest BCUT2D eigenvalue weighted by Crippen LogP contribution is 2.25. The number of rotatable bonds is 12. The van der Waals surface area contributed by atoms with Gasteiger partial charge in [-0.3, -0.25) is 4.79 Å². The number of ether oxygens (including phenoxy) is 1. The number of carbonyl (C=O) groups excluding carboxylic acids is 2. The highest BCUT2D eigenvalue weighted by molar-refractivity contribution is 6.31. The lowest BCUT2D eigenvalue weighted by molar-refractivity contribution is -0.148. The van der Waals surface area contributed by atoms with E-state index >= 15 is 0 Å². The number of likely N-dealkylation sites (tertiary alicyclic amines) is 1. The van der Waals surface area contributed by atoms with Crippen LogP contribution in [0.2, 0.25) is 5.02 Å². The van der Waals surface area contributed by atoms with Crippen LogP contribution < -0.4 is 0 Å². The molecule has 0 spiro atoms. The summed E-state index contributed by atoms with van der Waals surface area (Å²) in [6, 6.07) is 3.69. The molecule has 1 saturated heterocycles. The number of carbonyl (C=O) groups is 2. The third-order valence-corrected chi connectivity index (χ3v) is 5.75. The lowest BCUT2D eigenvalue weighted by atomic mass is 10.1. The minimum Gasteiger partial charge on any atom is -0.464 e. The lowest BCUT2D eigenvalue weighted by Gasteiger charge is -2.23. The van der Waals surface area contributed by atoms with E-state index in [4.69, 9.17) is 16.3 Å². The number of nitrogens with zero attached hydrogens (tertiary/aromatic N) is 1. The van der Waals surface area contributed by atoms with Gasteiger partial charge in [-0.15, -0.1) is 0 Å². The fourth-order valence-electron chi connectivity index (χ4n) is 3.76. The topological polar surface area (TPSA) is 46.6 Å². The molecule has 1 aliphatic heterocycles. The van der Waals surface area contributed by atoms with Gasteiger partial charge in [0.05, 0.1) is 17.2 Å². The van der Waals surface area contributed by atoms with Crippen LogP contribution in [0, 0.1) is 5.82 Å². The molecule has 0 bridgehead atoms. The van der Waals surface area contributed by atoms with Crippen molar-refractivity contribution < 1.29 is 18.7 Å². The summed E-state index contributed by atoms with van der Waals surface area (Å²) in [5.41, 5.74) is -0.101. The van der Waals surface area contributed by atoms with Crippen LogP contribution in [0.1, 0.15) is 87.9 Å². The molecule has 1 atom stereocenters. The first-order chi connectivity index (χ1) is 14.1. The van der Waals surface area contributed by atoms with Gasteiger partial charge in [0.1, 0.15) is 6.04 Å². The summed E-state index contributed by atoms with van der Waals surface area (Å²) in [5, 5.41) is -0.0977.